The molecule has 3 rings (SSSR count). The number of nitrogens with one attached hydrogen (secondary N) is 2. The van der Waals surface area contributed by atoms with E-state index in [9.17, 15) is 9.59 Å². The Kier molecular flexibility index (Phi) is 6.97. The lowest BCUT2D eigenvalue weighted by Gasteiger charge is -2.06. The van der Waals surface area contributed by atoms with E-state index in [0.717, 1.165) is 22.7 Å². The molecule has 2 N–H and O–H groups in total. The lowest BCUT2D eigenvalue weighted by Crippen LogP contribution is -2.12. The molecule has 0 aliphatic rings. The van der Waals surface area contributed by atoms with Crippen LogP contribution in [0, 0.1) is 6.92 Å². The highest BCUT2D eigenvalue weighted by Crippen LogP contribution is 2.26. The summed E-state index contributed by atoms with van der Waals surface area (Å²) >= 11 is 1.38. The molecule has 0 aliphatic carbocycles. The van der Waals surface area contributed by atoms with Crippen molar-refractivity contribution in [1.82, 2.24) is 4.98 Å². The summed E-state index contributed by atoms with van der Waals surface area (Å²) in [6.45, 7) is 3.98. The maximum atomic E-state index is 12.1. The molecule has 1 heterocycles. The number of nitrogens with zero attached hydrogens (tertiary/aromatic N) is 1. The highest BCUT2D eigenvalue weighted by molar-refractivity contribution is 7.14. The van der Waals surface area contributed by atoms with Gasteiger partial charge in [0, 0.05) is 30.0 Å². The van der Waals surface area contributed by atoms with Gasteiger partial charge in [-0.1, -0.05) is 29.8 Å². The van der Waals surface area contributed by atoms with Crippen molar-refractivity contribution in [2.45, 2.75) is 26.7 Å². The number of hydrogen-bond acceptors (Lipinski definition) is 5. The molecule has 29 heavy (non-hydrogen) atoms. The normalized spacial score (nSPS) is 10.4. The van der Waals surface area contributed by atoms with Gasteiger partial charge in [0.15, 0.2) is 5.13 Å². The zero-order valence-electron chi connectivity index (χ0n) is 16.4. The van der Waals surface area contributed by atoms with Gasteiger partial charge in [-0.3, -0.25) is 9.59 Å². The van der Waals surface area contributed by atoms with E-state index in [-0.39, 0.29) is 11.8 Å². The second-order valence-electron chi connectivity index (χ2n) is 6.61. The molecule has 0 saturated heterocycles. The number of amides is 2. The molecule has 3 aromatic rings. The van der Waals surface area contributed by atoms with Crippen molar-refractivity contribution in [2.24, 2.45) is 0 Å². The summed E-state index contributed by atoms with van der Waals surface area (Å²) in [5.41, 5.74) is 3.62. The van der Waals surface area contributed by atoms with E-state index in [1.54, 1.807) is 0 Å². The highest BCUT2D eigenvalue weighted by atomic mass is 32.1. The first-order valence-corrected chi connectivity index (χ1v) is 10.2. The number of benzene rings is 2. The third kappa shape index (κ3) is 6.43. The monoisotopic (exact) mass is 409 g/mol. The Morgan fingerprint density at radius 1 is 1.03 bits per heavy atom. The van der Waals surface area contributed by atoms with Crippen molar-refractivity contribution in [3.05, 3.63) is 59.5 Å². The molecule has 7 heteroatoms. The Hall–Kier alpha value is -3.19. The molecular weight excluding hydrogens is 386 g/mol. The Labute approximate surface area is 173 Å². The summed E-state index contributed by atoms with van der Waals surface area (Å²) in [7, 11) is 0. The van der Waals surface area contributed by atoms with Crippen LogP contribution in [0.5, 0.6) is 5.75 Å². The number of anilines is 2. The van der Waals surface area contributed by atoms with Crippen LogP contribution in [0.15, 0.2) is 53.9 Å². The number of aryl methyl sites for hydroxylation is 1. The summed E-state index contributed by atoms with van der Waals surface area (Å²) < 4.78 is 5.64. The Bertz CT molecular complexity index is 966. The van der Waals surface area contributed by atoms with Crippen LogP contribution >= 0.6 is 11.3 Å². The Balaban J connectivity index is 1.44. The molecule has 0 spiro atoms. The largest absolute Gasteiger partial charge is 0.494 e. The lowest BCUT2D eigenvalue weighted by molar-refractivity contribution is -0.116. The first-order chi connectivity index (χ1) is 14.0. The molecule has 2 amide bonds. The van der Waals surface area contributed by atoms with Gasteiger partial charge in [-0.05, 0) is 37.6 Å². The molecule has 0 unspecified atom stereocenters. The van der Waals surface area contributed by atoms with Gasteiger partial charge in [-0.25, -0.2) is 4.98 Å². The minimum Gasteiger partial charge on any atom is -0.494 e. The predicted octanol–water partition coefficient (Wildman–Crippen LogP) is 4.87. The number of ether oxygens (including phenoxy) is 1. The van der Waals surface area contributed by atoms with Crippen molar-refractivity contribution in [3.63, 3.8) is 0 Å². The zero-order valence-corrected chi connectivity index (χ0v) is 17.2. The van der Waals surface area contributed by atoms with Gasteiger partial charge in [0.1, 0.15) is 5.75 Å². The van der Waals surface area contributed by atoms with Gasteiger partial charge in [-0.2, -0.15) is 0 Å². The van der Waals surface area contributed by atoms with Gasteiger partial charge in [0.2, 0.25) is 11.8 Å². The molecule has 0 radical (unpaired) electrons. The van der Waals surface area contributed by atoms with Crippen LogP contribution in [-0.2, 0) is 9.59 Å². The minimum atomic E-state index is -0.110. The van der Waals surface area contributed by atoms with Crippen molar-refractivity contribution < 1.29 is 14.3 Å². The maximum absolute atomic E-state index is 12.1. The Morgan fingerprint density at radius 3 is 2.45 bits per heavy atom. The van der Waals surface area contributed by atoms with E-state index in [0.29, 0.717) is 24.6 Å². The van der Waals surface area contributed by atoms with Crippen LogP contribution in [0.3, 0.4) is 0 Å². The molecule has 1 aromatic heterocycles. The molecule has 150 valence electrons. The van der Waals surface area contributed by atoms with E-state index in [4.69, 9.17) is 4.74 Å². The lowest BCUT2D eigenvalue weighted by atomic mass is 10.1. The predicted molar refractivity (Wildman–Crippen MR) is 116 cm³/mol. The highest BCUT2D eigenvalue weighted by Gasteiger charge is 2.08. The van der Waals surface area contributed by atoms with Gasteiger partial charge in [-0.15, -0.1) is 11.3 Å². The van der Waals surface area contributed by atoms with Crippen molar-refractivity contribution in [2.75, 3.05) is 17.2 Å². The standard InChI is InChI=1S/C22H23N3O3S/c1-15-5-11-19(12-6-15)28-13-3-4-21(27)25-22-24-20(14-29-22)17-7-9-18(10-8-17)23-16(2)26/h5-12,14H,3-4,13H2,1-2H3,(H,23,26)(H,24,25,27). The third-order valence-electron chi connectivity index (χ3n) is 4.09. The van der Waals surface area contributed by atoms with Crippen molar-refractivity contribution in [3.8, 4) is 17.0 Å². The summed E-state index contributed by atoms with van der Waals surface area (Å²) in [5, 5.41) is 8.02. The number of carbonyl (C=O) groups is 2. The first kappa shape index (κ1) is 20.5. The first-order valence-electron chi connectivity index (χ1n) is 9.32. The average molecular weight is 410 g/mol. The van der Waals surface area contributed by atoms with Gasteiger partial charge in [0.05, 0.1) is 12.3 Å². The van der Waals surface area contributed by atoms with Crippen LogP contribution < -0.4 is 15.4 Å². The van der Waals surface area contributed by atoms with E-state index in [1.165, 1.54) is 23.8 Å². The van der Waals surface area contributed by atoms with Crippen LogP contribution in [0.25, 0.3) is 11.3 Å². The SMILES string of the molecule is CC(=O)Nc1ccc(-c2csc(NC(=O)CCCOc3ccc(C)cc3)n2)cc1. The number of carbonyl (C=O) groups excluding carboxylic acids is 2. The quantitative estimate of drug-likeness (QED) is 0.520. The molecule has 0 bridgehead atoms. The topological polar surface area (TPSA) is 80.3 Å². The average Bonchev–Trinajstić information content (AvgIpc) is 3.15. The summed E-state index contributed by atoms with van der Waals surface area (Å²) in [5.74, 6) is 0.616. The molecule has 0 fully saturated rings. The fraction of sp³-hybridized carbons (Fsp3) is 0.227. The van der Waals surface area contributed by atoms with Gasteiger partial charge >= 0.3 is 0 Å². The second kappa shape index (κ2) is 9.84. The number of thiazole rings is 1. The third-order valence-corrected chi connectivity index (χ3v) is 4.85. The summed E-state index contributed by atoms with van der Waals surface area (Å²) in [6, 6.07) is 15.3. The molecular formula is C22H23N3O3S. The molecule has 2 aromatic carbocycles. The van der Waals surface area contributed by atoms with E-state index in [2.05, 4.69) is 15.6 Å². The van der Waals surface area contributed by atoms with Crippen molar-refractivity contribution >= 4 is 34.0 Å². The summed E-state index contributed by atoms with van der Waals surface area (Å²) in [6.07, 6.45) is 0.995. The van der Waals surface area contributed by atoms with Crippen LogP contribution in [-0.4, -0.2) is 23.4 Å². The number of hydrogen-bond donors (Lipinski definition) is 2. The van der Waals surface area contributed by atoms with E-state index >= 15 is 0 Å². The Morgan fingerprint density at radius 2 is 1.76 bits per heavy atom. The van der Waals surface area contributed by atoms with Crippen LogP contribution in [0.2, 0.25) is 0 Å². The zero-order chi connectivity index (χ0) is 20.6. The van der Waals surface area contributed by atoms with Gasteiger partial charge < -0.3 is 15.4 Å². The van der Waals surface area contributed by atoms with Crippen molar-refractivity contribution in [1.29, 1.82) is 0 Å². The molecule has 0 saturated carbocycles. The molecule has 0 aliphatic heterocycles. The molecule has 0 atom stereocenters. The molecule has 6 nitrogen and oxygen atoms in total. The number of aromatic nitrogens is 1. The van der Waals surface area contributed by atoms with Crippen LogP contribution in [0.1, 0.15) is 25.3 Å². The second-order valence-corrected chi connectivity index (χ2v) is 7.47. The van der Waals surface area contributed by atoms with E-state index in [1.807, 2.05) is 60.8 Å². The summed E-state index contributed by atoms with van der Waals surface area (Å²) in [4.78, 5) is 27.7. The minimum absolute atomic E-state index is 0.0839. The fourth-order valence-corrected chi connectivity index (χ4v) is 3.37. The fourth-order valence-electron chi connectivity index (χ4n) is 2.63. The van der Waals surface area contributed by atoms with Crippen LogP contribution in [0.4, 0.5) is 10.8 Å². The van der Waals surface area contributed by atoms with E-state index < -0.39 is 0 Å². The number of rotatable bonds is 8. The maximum Gasteiger partial charge on any atom is 0.226 e. The smallest absolute Gasteiger partial charge is 0.226 e. The van der Waals surface area contributed by atoms with Gasteiger partial charge in [0.25, 0.3) is 0 Å².